The molecule has 0 aromatic heterocycles. The van der Waals surface area contributed by atoms with E-state index in [-0.39, 0.29) is 5.91 Å². The van der Waals surface area contributed by atoms with E-state index in [2.05, 4.69) is 0 Å². The molecule has 0 unspecified atom stereocenters. The molecule has 19 heavy (non-hydrogen) atoms. The summed E-state index contributed by atoms with van der Waals surface area (Å²) in [6.07, 6.45) is 1.62. The number of hydrogen-bond donors (Lipinski definition) is 0. The largest absolute Gasteiger partial charge is 0.334 e. The number of benzene rings is 2. The molecule has 0 bridgehead atoms. The van der Waals surface area contributed by atoms with Crippen LogP contribution in [0.15, 0.2) is 60.7 Å². The SMILES string of the molecule is C[CH]C(=O)N(Cc1ccccc1)Cc1ccccc1. The maximum atomic E-state index is 12.0. The third kappa shape index (κ3) is 3.95. The zero-order valence-electron chi connectivity index (χ0n) is 11.1. The summed E-state index contributed by atoms with van der Waals surface area (Å²) in [4.78, 5) is 13.8. The van der Waals surface area contributed by atoms with E-state index in [0.717, 1.165) is 11.1 Å². The fourth-order valence-corrected chi connectivity index (χ4v) is 2.00. The van der Waals surface area contributed by atoms with Gasteiger partial charge < -0.3 is 4.90 Å². The van der Waals surface area contributed by atoms with Crippen molar-refractivity contribution in [3.63, 3.8) is 0 Å². The summed E-state index contributed by atoms with van der Waals surface area (Å²) in [7, 11) is 0. The minimum Gasteiger partial charge on any atom is -0.334 e. The van der Waals surface area contributed by atoms with Crippen molar-refractivity contribution in [2.24, 2.45) is 0 Å². The first-order valence-electron chi connectivity index (χ1n) is 6.45. The molecule has 1 radical (unpaired) electrons. The van der Waals surface area contributed by atoms with E-state index in [0.29, 0.717) is 13.1 Å². The highest BCUT2D eigenvalue weighted by Gasteiger charge is 2.12. The Morgan fingerprint density at radius 3 is 1.68 bits per heavy atom. The van der Waals surface area contributed by atoms with E-state index < -0.39 is 0 Å². The Hall–Kier alpha value is -2.09. The molecule has 0 aliphatic heterocycles. The summed E-state index contributed by atoms with van der Waals surface area (Å²) in [5.41, 5.74) is 2.29. The van der Waals surface area contributed by atoms with Crippen LogP contribution in [0, 0.1) is 6.42 Å². The molecule has 2 nitrogen and oxygen atoms in total. The molecule has 0 heterocycles. The maximum absolute atomic E-state index is 12.0. The zero-order valence-corrected chi connectivity index (χ0v) is 11.1. The van der Waals surface area contributed by atoms with E-state index in [4.69, 9.17) is 0 Å². The molecule has 1 amide bonds. The first-order valence-corrected chi connectivity index (χ1v) is 6.45. The number of nitrogens with zero attached hydrogens (tertiary/aromatic N) is 1. The third-order valence-corrected chi connectivity index (χ3v) is 2.99. The van der Waals surface area contributed by atoms with Gasteiger partial charge in [0.05, 0.1) is 0 Å². The van der Waals surface area contributed by atoms with Crippen molar-refractivity contribution in [1.82, 2.24) is 4.90 Å². The van der Waals surface area contributed by atoms with Gasteiger partial charge in [0.2, 0.25) is 5.91 Å². The van der Waals surface area contributed by atoms with Gasteiger partial charge in [-0.05, 0) is 11.1 Å². The Labute approximate surface area is 114 Å². The lowest BCUT2D eigenvalue weighted by atomic mass is 10.1. The number of carbonyl (C=O) groups is 1. The summed E-state index contributed by atoms with van der Waals surface area (Å²) in [6.45, 7) is 3.06. The minimum absolute atomic E-state index is 0.0627. The second-order valence-electron chi connectivity index (χ2n) is 4.45. The Kier molecular flexibility index (Phi) is 4.73. The first-order chi connectivity index (χ1) is 9.29. The first kappa shape index (κ1) is 13.3. The van der Waals surface area contributed by atoms with Crippen molar-refractivity contribution >= 4 is 5.91 Å². The molecule has 0 aliphatic rings. The molecule has 2 aromatic rings. The van der Waals surface area contributed by atoms with E-state index >= 15 is 0 Å². The maximum Gasteiger partial charge on any atom is 0.226 e. The van der Waals surface area contributed by atoms with Gasteiger partial charge in [-0.2, -0.15) is 0 Å². The molecule has 97 valence electrons. The number of hydrogen-bond acceptors (Lipinski definition) is 1. The summed E-state index contributed by atoms with van der Waals surface area (Å²) >= 11 is 0. The van der Waals surface area contributed by atoms with E-state index in [1.54, 1.807) is 13.3 Å². The van der Waals surface area contributed by atoms with Crippen molar-refractivity contribution in [2.75, 3.05) is 0 Å². The highest BCUT2D eigenvalue weighted by molar-refractivity contribution is 5.84. The van der Waals surface area contributed by atoms with Crippen LogP contribution >= 0.6 is 0 Å². The lowest BCUT2D eigenvalue weighted by Crippen LogP contribution is -2.29. The summed E-state index contributed by atoms with van der Waals surface area (Å²) in [6, 6.07) is 20.1. The van der Waals surface area contributed by atoms with E-state index in [1.807, 2.05) is 65.6 Å². The highest BCUT2D eigenvalue weighted by Crippen LogP contribution is 2.11. The third-order valence-electron chi connectivity index (χ3n) is 2.99. The normalized spacial score (nSPS) is 10.2. The minimum atomic E-state index is 0.0627. The molecule has 0 saturated carbocycles. The second-order valence-corrected chi connectivity index (χ2v) is 4.45. The van der Waals surface area contributed by atoms with Crippen molar-refractivity contribution in [1.29, 1.82) is 0 Å². The summed E-state index contributed by atoms with van der Waals surface area (Å²) in [5.74, 6) is 0.0627. The van der Waals surface area contributed by atoms with Crippen LogP contribution in [0.5, 0.6) is 0 Å². The molecule has 2 rings (SSSR count). The van der Waals surface area contributed by atoms with Crippen molar-refractivity contribution < 1.29 is 4.79 Å². The topological polar surface area (TPSA) is 20.3 Å². The molecule has 2 heteroatoms. The van der Waals surface area contributed by atoms with Gasteiger partial charge in [-0.3, -0.25) is 4.79 Å². The van der Waals surface area contributed by atoms with Gasteiger partial charge in [-0.15, -0.1) is 0 Å². The van der Waals surface area contributed by atoms with Crippen LogP contribution in [0.25, 0.3) is 0 Å². The van der Waals surface area contributed by atoms with Crippen molar-refractivity contribution in [2.45, 2.75) is 20.0 Å². The van der Waals surface area contributed by atoms with Crippen LogP contribution in [0.1, 0.15) is 18.1 Å². The molecular weight excluding hydrogens is 234 g/mol. The smallest absolute Gasteiger partial charge is 0.226 e. The number of carbonyl (C=O) groups excluding carboxylic acids is 1. The van der Waals surface area contributed by atoms with Crippen LogP contribution in [-0.4, -0.2) is 10.8 Å². The quantitative estimate of drug-likeness (QED) is 0.798. The van der Waals surface area contributed by atoms with Gasteiger partial charge in [-0.25, -0.2) is 0 Å². The zero-order chi connectivity index (χ0) is 13.5. The molecule has 2 aromatic carbocycles. The van der Waals surface area contributed by atoms with Gasteiger partial charge >= 0.3 is 0 Å². The van der Waals surface area contributed by atoms with Gasteiger partial charge in [0.15, 0.2) is 0 Å². The number of rotatable bonds is 5. The van der Waals surface area contributed by atoms with Crippen LogP contribution in [0.3, 0.4) is 0 Å². The van der Waals surface area contributed by atoms with Crippen LogP contribution < -0.4 is 0 Å². The Morgan fingerprint density at radius 1 is 0.895 bits per heavy atom. The van der Waals surface area contributed by atoms with Crippen LogP contribution in [0.2, 0.25) is 0 Å². The molecule has 0 N–H and O–H groups in total. The molecule has 0 spiro atoms. The summed E-state index contributed by atoms with van der Waals surface area (Å²) < 4.78 is 0. The van der Waals surface area contributed by atoms with Gasteiger partial charge in [0.1, 0.15) is 0 Å². The average Bonchev–Trinajstić information content (AvgIpc) is 2.48. The van der Waals surface area contributed by atoms with Crippen molar-refractivity contribution in [3.05, 3.63) is 78.2 Å². The fraction of sp³-hybridized carbons (Fsp3) is 0.176. The van der Waals surface area contributed by atoms with Crippen molar-refractivity contribution in [3.8, 4) is 0 Å². The van der Waals surface area contributed by atoms with E-state index in [9.17, 15) is 4.79 Å². The van der Waals surface area contributed by atoms with Crippen LogP contribution in [0.4, 0.5) is 0 Å². The number of amides is 1. The van der Waals surface area contributed by atoms with Gasteiger partial charge in [0.25, 0.3) is 0 Å². The fourth-order valence-electron chi connectivity index (χ4n) is 2.00. The van der Waals surface area contributed by atoms with Crippen LogP contribution in [-0.2, 0) is 17.9 Å². The predicted octanol–water partition coefficient (Wildman–Crippen LogP) is 3.44. The predicted molar refractivity (Wildman–Crippen MR) is 77.1 cm³/mol. The molecule has 0 atom stereocenters. The molecule has 0 saturated heterocycles. The second kappa shape index (κ2) is 6.74. The Balaban J connectivity index is 2.10. The Bertz CT molecular complexity index is 466. The standard InChI is InChI=1S/C17H18NO/c1-2-17(19)18(13-15-9-5-3-6-10-15)14-16-11-7-4-8-12-16/h2-12H,13-14H2,1H3. The lowest BCUT2D eigenvalue weighted by molar-refractivity contribution is -0.128. The highest BCUT2D eigenvalue weighted by atomic mass is 16.2. The molecular formula is C17H18NO. The molecule has 0 aliphatic carbocycles. The van der Waals surface area contributed by atoms with E-state index in [1.165, 1.54) is 0 Å². The average molecular weight is 252 g/mol. The molecule has 0 fully saturated rings. The Morgan fingerprint density at radius 2 is 1.32 bits per heavy atom. The van der Waals surface area contributed by atoms with Gasteiger partial charge in [-0.1, -0.05) is 67.6 Å². The summed E-state index contributed by atoms with van der Waals surface area (Å²) in [5, 5.41) is 0. The monoisotopic (exact) mass is 252 g/mol. The van der Waals surface area contributed by atoms with Gasteiger partial charge in [0, 0.05) is 19.5 Å². The lowest BCUT2D eigenvalue weighted by Gasteiger charge is -2.22.